The summed E-state index contributed by atoms with van der Waals surface area (Å²) in [6.45, 7) is 7.00. The number of benzene rings is 1. The van der Waals surface area contributed by atoms with Gasteiger partial charge < -0.3 is 10.5 Å². The molecule has 0 saturated carbocycles. The Balaban J connectivity index is 2.59. The van der Waals surface area contributed by atoms with Crippen LogP contribution in [0.2, 0.25) is 5.02 Å². The summed E-state index contributed by atoms with van der Waals surface area (Å²) in [5, 5.41) is 0.678. The highest BCUT2D eigenvalue weighted by Crippen LogP contribution is 2.26. The van der Waals surface area contributed by atoms with E-state index >= 15 is 0 Å². The van der Waals surface area contributed by atoms with Crippen molar-refractivity contribution in [1.82, 2.24) is 0 Å². The van der Waals surface area contributed by atoms with E-state index in [9.17, 15) is 0 Å². The summed E-state index contributed by atoms with van der Waals surface area (Å²) in [4.78, 5) is 0. The zero-order chi connectivity index (χ0) is 12.1. The summed E-state index contributed by atoms with van der Waals surface area (Å²) in [6, 6.07) is 5.64. The van der Waals surface area contributed by atoms with Crippen LogP contribution in [0.3, 0.4) is 0 Å². The molecule has 1 rings (SSSR count). The maximum Gasteiger partial charge on any atom is 0.120 e. The van der Waals surface area contributed by atoms with Crippen LogP contribution < -0.4 is 10.5 Å². The van der Waals surface area contributed by atoms with Crippen LogP contribution in [0.15, 0.2) is 18.2 Å². The highest BCUT2D eigenvalue weighted by atomic mass is 35.5. The Morgan fingerprint density at radius 1 is 1.31 bits per heavy atom. The third-order valence-corrected chi connectivity index (χ3v) is 2.75. The predicted octanol–water partition coefficient (Wildman–Crippen LogP) is 3.78. The van der Waals surface area contributed by atoms with E-state index in [1.165, 1.54) is 0 Å². The van der Waals surface area contributed by atoms with Crippen molar-refractivity contribution in [1.29, 1.82) is 0 Å². The second kappa shape index (κ2) is 6.12. The first-order chi connectivity index (χ1) is 7.50. The average Bonchev–Trinajstić information content (AvgIpc) is 2.16. The van der Waals surface area contributed by atoms with Crippen molar-refractivity contribution in [3.63, 3.8) is 0 Å². The van der Waals surface area contributed by atoms with Gasteiger partial charge in [-0.15, -0.1) is 0 Å². The van der Waals surface area contributed by atoms with Crippen LogP contribution in [0.5, 0.6) is 5.75 Å². The molecular formula is C13H20ClNO. The fourth-order valence-electron chi connectivity index (χ4n) is 1.38. The van der Waals surface area contributed by atoms with Crippen LogP contribution >= 0.6 is 11.6 Å². The number of hydrogen-bond acceptors (Lipinski definition) is 2. The van der Waals surface area contributed by atoms with Crippen molar-refractivity contribution < 1.29 is 4.74 Å². The first-order valence-corrected chi connectivity index (χ1v) is 6.06. The van der Waals surface area contributed by atoms with Gasteiger partial charge in [-0.3, -0.25) is 0 Å². The molecule has 3 heteroatoms. The van der Waals surface area contributed by atoms with Gasteiger partial charge in [-0.1, -0.05) is 31.5 Å². The van der Waals surface area contributed by atoms with E-state index in [1.807, 2.05) is 25.1 Å². The molecule has 16 heavy (non-hydrogen) atoms. The maximum absolute atomic E-state index is 6.11. The summed E-state index contributed by atoms with van der Waals surface area (Å²) < 4.78 is 5.61. The molecule has 1 unspecified atom stereocenters. The topological polar surface area (TPSA) is 35.2 Å². The van der Waals surface area contributed by atoms with Gasteiger partial charge >= 0.3 is 0 Å². The standard InChI is InChI=1S/C13H20ClNO/c1-9(2)6-7-16-11-4-5-12(10(3)15)13(14)8-11/h4-5,8-10H,6-7,15H2,1-3H3. The van der Waals surface area contributed by atoms with E-state index in [2.05, 4.69) is 13.8 Å². The minimum absolute atomic E-state index is 0.0442. The Hall–Kier alpha value is -0.730. The number of halogens is 1. The molecule has 2 N–H and O–H groups in total. The van der Waals surface area contributed by atoms with Gasteiger partial charge in [-0.25, -0.2) is 0 Å². The predicted molar refractivity (Wildman–Crippen MR) is 69.0 cm³/mol. The molecule has 0 bridgehead atoms. The molecular weight excluding hydrogens is 222 g/mol. The molecule has 1 atom stereocenters. The van der Waals surface area contributed by atoms with Crippen molar-refractivity contribution in [3.05, 3.63) is 28.8 Å². The van der Waals surface area contributed by atoms with Gasteiger partial charge in [-0.05, 0) is 37.0 Å². The zero-order valence-electron chi connectivity index (χ0n) is 10.2. The van der Waals surface area contributed by atoms with Crippen LogP contribution in [0, 0.1) is 5.92 Å². The maximum atomic E-state index is 6.11. The van der Waals surface area contributed by atoms with Gasteiger partial charge in [0.25, 0.3) is 0 Å². The molecule has 0 saturated heterocycles. The number of hydrogen-bond donors (Lipinski definition) is 1. The second-order valence-electron chi connectivity index (χ2n) is 4.50. The van der Waals surface area contributed by atoms with E-state index in [0.717, 1.165) is 24.3 Å². The lowest BCUT2D eigenvalue weighted by molar-refractivity contribution is 0.289. The van der Waals surface area contributed by atoms with Gasteiger partial charge in [0.2, 0.25) is 0 Å². The number of ether oxygens (including phenoxy) is 1. The highest BCUT2D eigenvalue weighted by molar-refractivity contribution is 6.31. The molecule has 0 aliphatic heterocycles. The van der Waals surface area contributed by atoms with Crippen LogP contribution in [0.25, 0.3) is 0 Å². The van der Waals surface area contributed by atoms with Crippen LogP contribution in [-0.4, -0.2) is 6.61 Å². The smallest absolute Gasteiger partial charge is 0.120 e. The van der Waals surface area contributed by atoms with Gasteiger partial charge in [-0.2, -0.15) is 0 Å². The number of rotatable bonds is 5. The average molecular weight is 242 g/mol. The second-order valence-corrected chi connectivity index (χ2v) is 4.91. The molecule has 1 aromatic carbocycles. The van der Waals surface area contributed by atoms with Crippen molar-refractivity contribution in [2.45, 2.75) is 33.2 Å². The molecule has 0 aliphatic rings. The first kappa shape index (κ1) is 13.3. The van der Waals surface area contributed by atoms with Gasteiger partial charge in [0.1, 0.15) is 5.75 Å². The van der Waals surface area contributed by atoms with Crippen molar-refractivity contribution in [2.24, 2.45) is 11.7 Å². The first-order valence-electron chi connectivity index (χ1n) is 5.68. The van der Waals surface area contributed by atoms with Gasteiger partial charge in [0, 0.05) is 11.1 Å². The van der Waals surface area contributed by atoms with Crippen molar-refractivity contribution >= 4 is 11.6 Å². The summed E-state index contributed by atoms with van der Waals surface area (Å²) in [5.74, 6) is 1.47. The van der Waals surface area contributed by atoms with Crippen LogP contribution in [-0.2, 0) is 0 Å². The molecule has 0 aliphatic carbocycles. The molecule has 0 spiro atoms. The lowest BCUT2D eigenvalue weighted by Crippen LogP contribution is -2.06. The third-order valence-electron chi connectivity index (χ3n) is 2.43. The summed E-state index contributed by atoms with van der Waals surface area (Å²) in [7, 11) is 0. The summed E-state index contributed by atoms with van der Waals surface area (Å²) in [5.41, 5.74) is 6.74. The molecule has 0 fully saturated rings. The van der Waals surface area contributed by atoms with Crippen LogP contribution in [0.4, 0.5) is 0 Å². The van der Waals surface area contributed by atoms with E-state index in [4.69, 9.17) is 22.1 Å². The van der Waals surface area contributed by atoms with Crippen LogP contribution in [0.1, 0.15) is 38.8 Å². The molecule has 90 valence electrons. The van der Waals surface area contributed by atoms with E-state index in [0.29, 0.717) is 10.9 Å². The minimum atomic E-state index is -0.0442. The summed E-state index contributed by atoms with van der Waals surface area (Å²) >= 11 is 6.11. The highest BCUT2D eigenvalue weighted by Gasteiger charge is 2.06. The lowest BCUT2D eigenvalue weighted by Gasteiger charge is -2.12. The third kappa shape index (κ3) is 4.03. The molecule has 1 aromatic rings. The minimum Gasteiger partial charge on any atom is -0.494 e. The largest absolute Gasteiger partial charge is 0.494 e. The van der Waals surface area contributed by atoms with E-state index in [-0.39, 0.29) is 6.04 Å². The SMILES string of the molecule is CC(C)CCOc1ccc(C(C)N)c(Cl)c1. The van der Waals surface area contributed by atoms with Crippen molar-refractivity contribution in [2.75, 3.05) is 6.61 Å². The molecule has 0 aromatic heterocycles. The quantitative estimate of drug-likeness (QED) is 0.852. The molecule has 0 heterocycles. The lowest BCUT2D eigenvalue weighted by atomic mass is 10.1. The monoisotopic (exact) mass is 241 g/mol. The fourth-order valence-corrected chi connectivity index (χ4v) is 1.72. The normalized spacial score (nSPS) is 12.9. The molecule has 0 amide bonds. The van der Waals surface area contributed by atoms with Crippen molar-refractivity contribution in [3.8, 4) is 5.75 Å². The Morgan fingerprint density at radius 2 is 2.00 bits per heavy atom. The molecule has 0 radical (unpaired) electrons. The Morgan fingerprint density at radius 3 is 2.50 bits per heavy atom. The zero-order valence-corrected chi connectivity index (χ0v) is 10.9. The number of nitrogens with two attached hydrogens (primary N) is 1. The Kier molecular flexibility index (Phi) is 5.10. The summed E-state index contributed by atoms with van der Waals surface area (Å²) in [6.07, 6.45) is 1.05. The van der Waals surface area contributed by atoms with Gasteiger partial charge in [0.05, 0.1) is 6.61 Å². The van der Waals surface area contributed by atoms with E-state index in [1.54, 1.807) is 0 Å². The fraction of sp³-hybridized carbons (Fsp3) is 0.538. The van der Waals surface area contributed by atoms with E-state index < -0.39 is 0 Å². The van der Waals surface area contributed by atoms with Gasteiger partial charge in [0.15, 0.2) is 0 Å². The Labute approximate surface area is 103 Å². The molecule has 2 nitrogen and oxygen atoms in total. The Bertz CT molecular complexity index is 337.